The van der Waals surface area contributed by atoms with Gasteiger partial charge in [0.1, 0.15) is 23.2 Å². The maximum Gasteiger partial charge on any atom is 0.159 e. The SMILES string of the molecule is c1ccc(C2=NC(c3cccc(-n4c5ccc(-c6ccccc6)cc5c5cc(-c6cccc7c6oc6ccccc67)ccc54)c3)NC(c3ccccc3)=N2)cc1. The maximum atomic E-state index is 6.50. The van der Waals surface area contributed by atoms with Gasteiger partial charge >= 0.3 is 0 Å². The zero-order valence-corrected chi connectivity index (χ0v) is 30.3. The molecule has 1 aliphatic rings. The maximum absolute atomic E-state index is 6.50. The molecule has 10 aromatic rings. The van der Waals surface area contributed by atoms with Crippen LogP contribution in [-0.2, 0) is 0 Å². The third kappa shape index (κ3) is 5.40. The predicted molar refractivity (Wildman–Crippen MR) is 231 cm³/mol. The second kappa shape index (κ2) is 13.1. The number of amidine groups is 2. The summed E-state index contributed by atoms with van der Waals surface area (Å²) in [5.74, 6) is 1.50. The van der Waals surface area contributed by atoms with Crippen LogP contribution in [0.15, 0.2) is 209 Å². The Balaban J connectivity index is 1.08. The molecular formula is C51H34N4O. The van der Waals surface area contributed by atoms with Crippen molar-refractivity contribution in [3.63, 3.8) is 0 Å². The number of nitrogens with zero attached hydrogens (tertiary/aromatic N) is 3. The van der Waals surface area contributed by atoms with Gasteiger partial charge in [-0.05, 0) is 64.7 Å². The Morgan fingerprint density at radius 3 is 1.86 bits per heavy atom. The van der Waals surface area contributed by atoms with E-state index in [0.717, 1.165) is 72.3 Å². The zero-order valence-electron chi connectivity index (χ0n) is 30.3. The molecule has 1 N–H and O–H groups in total. The highest BCUT2D eigenvalue weighted by Gasteiger charge is 2.23. The van der Waals surface area contributed by atoms with Gasteiger partial charge in [0, 0.05) is 43.9 Å². The van der Waals surface area contributed by atoms with Gasteiger partial charge in [-0.3, -0.25) is 0 Å². The number of nitrogens with one attached hydrogen (secondary N) is 1. The van der Waals surface area contributed by atoms with Crippen LogP contribution in [0.25, 0.3) is 71.7 Å². The summed E-state index contributed by atoms with van der Waals surface area (Å²) in [5.41, 5.74) is 12.7. The van der Waals surface area contributed by atoms with Crippen molar-refractivity contribution in [2.45, 2.75) is 6.17 Å². The Hall–Kier alpha value is -7.50. The third-order valence-corrected chi connectivity index (χ3v) is 10.9. The van der Waals surface area contributed by atoms with E-state index in [1.165, 1.54) is 21.9 Å². The first kappa shape index (κ1) is 32.0. The molecule has 8 aromatic carbocycles. The Labute approximate surface area is 323 Å². The summed E-state index contributed by atoms with van der Waals surface area (Å²) in [6, 6.07) is 68.1. The lowest BCUT2D eigenvalue weighted by Gasteiger charge is -2.24. The number of rotatable bonds is 6. The smallest absolute Gasteiger partial charge is 0.159 e. The molecule has 0 saturated carbocycles. The van der Waals surface area contributed by atoms with Crippen molar-refractivity contribution in [1.82, 2.24) is 9.88 Å². The van der Waals surface area contributed by atoms with Gasteiger partial charge < -0.3 is 14.3 Å². The Bertz CT molecular complexity index is 3160. The highest BCUT2D eigenvalue weighted by atomic mass is 16.3. The fraction of sp³-hybridized carbons (Fsp3) is 0.0196. The van der Waals surface area contributed by atoms with E-state index in [0.29, 0.717) is 5.84 Å². The van der Waals surface area contributed by atoms with Crippen molar-refractivity contribution >= 4 is 55.4 Å². The van der Waals surface area contributed by atoms with Gasteiger partial charge in [-0.2, -0.15) is 0 Å². The average Bonchev–Trinajstić information content (AvgIpc) is 3.82. The number of hydrogen-bond donors (Lipinski definition) is 1. The van der Waals surface area contributed by atoms with Crippen molar-refractivity contribution in [2.24, 2.45) is 9.98 Å². The molecule has 0 fully saturated rings. The van der Waals surface area contributed by atoms with Crippen LogP contribution in [0.5, 0.6) is 0 Å². The van der Waals surface area contributed by atoms with E-state index in [9.17, 15) is 0 Å². The lowest BCUT2D eigenvalue weighted by Crippen LogP contribution is -2.33. The number of para-hydroxylation sites is 2. The molecule has 0 amide bonds. The number of aromatic nitrogens is 1. The lowest BCUT2D eigenvalue weighted by atomic mass is 9.99. The van der Waals surface area contributed by atoms with Crippen molar-refractivity contribution in [3.8, 4) is 27.9 Å². The molecule has 2 aromatic heterocycles. The van der Waals surface area contributed by atoms with E-state index >= 15 is 0 Å². The number of benzene rings is 8. The molecule has 5 heteroatoms. The Morgan fingerprint density at radius 1 is 0.464 bits per heavy atom. The summed E-state index contributed by atoms with van der Waals surface area (Å²) in [5, 5.41) is 8.26. The number of aliphatic imine (C=N–C) groups is 2. The van der Waals surface area contributed by atoms with Crippen LogP contribution in [0.1, 0.15) is 22.9 Å². The van der Waals surface area contributed by atoms with E-state index in [4.69, 9.17) is 14.4 Å². The van der Waals surface area contributed by atoms with Crippen molar-refractivity contribution < 1.29 is 4.42 Å². The van der Waals surface area contributed by atoms with Crippen LogP contribution < -0.4 is 5.32 Å². The monoisotopic (exact) mass is 718 g/mol. The van der Waals surface area contributed by atoms with Crippen LogP contribution in [0.4, 0.5) is 0 Å². The number of furan rings is 1. The summed E-state index contributed by atoms with van der Waals surface area (Å²) >= 11 is 0. The largest absolute Gasteiger partial charge is 0.455 e. The molecule has 0 saturated heterocycles. The summed E-state index contributed by atoms with van der Waals surface area (Å²) in [6.45, 7) is 0. The molecule has 3 heterocycles. The van der Waals surface area contributed by atoms with Crippen molar-refractivity contribution in [2.75, 3.05) is 0 Å². The minimum Gasteiger partial charge on any atom is -0.455 e. The standard InChI is InChI=1S/C51H34N4O/c1-4-14-33(15-5-1)36-26-28-45-43(31-36)44-32-37(40-23-13-24-42-41-22-10-11-25-47(41)56-48(40)42)27-29-46(44)55(45)39-21-12-20-38(30-39)51-53-49(34-16-6-2-7-17-34)52-50(54-51)35-18-8-3-9-19-35/h1-32,51H,(H,52,53,54). The Morgan fingerprint density at radius 2 is 1.09 bits per heavy atom. The van der Waals surface area contributed by atoms with Crippen LogP contribution in [0.2, 0.25) is 0 Å². The summed E-state index contributed by atoms with van der Waals surface area (Å²) in [6.07, 6.45) is -0.341. The molecule has 0 bridgehead atoms. The molecule has 11 rings (SSSR count). The number of hydrogen-bond acceptors (Lipinski definition) is 4. The first-order valence-corrected chi connectivity index (χ1v) is 18.9. The molecule has 264 valence electrons. The normalized spacial score (nSPS) is 14.2. The summed E-state index contributed by atoms with van der Waals surface area (Å²) in [7, 11) is 0. The molecule has 1 atom stereocenters. The predicted octanol–water partition coefficient (Wildman–Crippen LogP) is 12.5. The average molecular weight is 719 g/mol. The summed E-state index contributed by atoms with van der Waals surface area (Å²) < 4.78 is 8.88. The lowest BCUT2D eigenvalue weighted by molar-refractivity contribution is 0.670. The van der Waals surface area contributed by atoms with Gasteiger partial charge in [-0.1, -0.05) is 152 Å². The van der Waals surface area contributed by atoms with E-state index < -0.39 is 0 Å². The van der Waals surface area contributed by atoms with E-state index in [1.54, 1.807) is 0 Å². The second-order valence-electron chi connectivity index (χ2n) is 14.2. The van der Waals surface area contributed by atoms with Gasteiger partial charge in [-0.25, -0.2) is 9.98 Å². The second-order valence-corrected chi connectivity index (χ2v) is 14.2. The van der Waals surface area contributed by atoms with Crippen LogP contribution >= 0.6 is 0 Å². The third-order valence-electron chi connectivity index (χ3n) is 10.9. The van der Waals surface area contributed by atoms with Gasteiger partial charge in [0.2, 0.25) is 0 Å². The van der Waals surface area contributed by atoms with Crippen LogP contribution in [0, 0.1) is 0 Å². The number of fused-ring (bicyclic) bond motifs is 6. The fourth-order valence-electron chi connectivity index (χ4n) is 8.17. The summed E-state index contributed by atoms with van der Waals surface area (Å²) in [4.78, 5) is 10.2. The van der Waals surface area contributed by atoms with E-state index in [2.05, 4.69) is 155 Å². The molecule has 0 radical (unpaired) electrons. The van der Waals surface area contributed by atoms with Gasteiger partial charge in [-0.15, -0.1) is 0 Å². The minimum atomic E-state index is -0.341. The van der Waals surface area contributed by atoms with Crippen LogP contribution in [0.3, 0.4) is 0 Å². The molecule has 1 unspecified atom stereocenters. The molecule has 5 nitrogen and oxygen atoms in total. The highest BCUT2D eigenvalue weighted by molar-refractivity contribution is 6.15. The van der Waals surface area contributed by atoms with Crippen molar-refractivity contribution in [3.05, 3.63) is 211 Å². The van der Waals surface area contributed by atoms with E-state index in [-0.39, 0.29) is 6.17 Å². The zero-order chi connectivity index (χ0) is 37.0. The molecular weight excluding hydrogens is 685 g/mol. The van der Waals surface area contributed by atoms with Crippen molar-refractivity contribution in [1.29, 1.82) is 0 Å². The molecule has 1 aliphatic heterocycles. The van der Waals surface area contributed by atoms with E-state index in [1.807, 2.05) is 48.5 Å². The highest BCUT2D eigenvalue weighted by Crippen LogP contribution is 2.40. The van der Waals surface area contributed by atoms with Gasteiger partial charge in [0.15, 0.2) is 5.84 Å². The Kier molecular flexibility index (Phi) is 7.49. The van der Waals surface area contributed by atoms with Gasteiger partial charge in [0.05, 0.1) is 11.0 Å². The minimum absolute atomic E-state index is 0.341. The fourth-order valence-corrected chi connectivity index (χ4v) is 8.17. The first-order chi connectivity index (χ1) is 27.7. The molecule has 0 spiro atoms. The van der Waals surface area contributed by atoms with Crippen LogP contribution in [-0.4, -0.2) is 16.2 Å². The quantitative estimate of drug-likeness (QED) is 0.186. The first-order valence-electron chi connectivity index (χ1n) is 18.9. The molecule has 0 aliphatic carbocycles. The van der Waals surface area contributed by atoms with Gasteiger partial charge in [0.25, 0.3) is 0 Å². The molecule has 56 heavy (non-hydrogen) atoms. The topological polar surface area (TPSA) is 54.8 Å².